The molecule has 1 aromatic carbocycles. The van der Waals surface area contributed by atoms with E-state index in [0.29, 0.717) is 0 Å². The van der Waals surface area contributed by atoms with Gasteiger partial charge in [0.2, 0.25) is 0 Å². The molecule has 6 heteroatoms. The highest BCUT2D eigenvalue weighted by Crippen LogP contribution is 2.24. The molecule has 1 heterocycles. The first-order valence-corrected chi connectivity index (χ1v) is 6.70. The van der Waals surface area contributed by atoms with E-state index < -0.39 is 0 Å². The Morgan fingerprint density at radius 2 is 1.85 bits per heavy atom. The highest BCUT2D eigenvalue weighted by molar-refractivity contribution is 6.34. The molecule has 0 aliphatic heterocycles. The number of hydrogen-bond acceptors (Lipinski definition) is 3. The van der Waals surface area contributed by atoms with Gasteiger partial charge in [0.25, 0.3) is 5.91 Å². The van der Waals surface area contributed by atoms with Crippen molar-refractivity contribution in [2.45, 2.75) is 13.8 Å². The number of rotatable bonds is 2. The molecule has 1 amide bonds. The molecular formula is C14H13Cl2N3O. The molecule has 0 radical (unpaired) electrons. The first-order chi connectivity index (χ1) is 9.40. The largest absolute Gasteiger partial charge is 0.311 e. The van der Waals surface area contributed by atoms with Gasteiger partial charge in [0.1, 0.15) is 0 Å². The molecular weight excluding hydrogens is 297 g/mol. The molecule has 0 fully saturated rings. The number of carbonyl (C=O) groups excluding carboxylic acids is 1. The summed E-state index contributed by atoms with van der Waals surface area (Å²) >= 11 is 11.7. The predicted octanol–water partition coefficient (Wildman–Crippen LogP) is 3.68. The van der Waals surface area contributed by atoms with Crippen molar-refractivity contribution in [3.05, 3.63) is 51.3 Å². The third-order valence-corrected chi connectivity index (χ3v) is 3.43. The van der Waals surface area contributed by atoms with E-state index >= 15 is 0 Å². The molecule has 0 aliphatic carbocycles. The fourth-order valence-electron chi connectivity index (χ4n) is 1.97. The molecule has 0 spiro atoms. The van der Waals surface area contributed by atoms with Crippen LogP contribution in [0.2, 0.25) is 10.3 Å². The zero-order chi connectivity index (χ0) is 14.9. The third kappa shape index (κ3) is 2.92. The minimum Gasteiger partial charge on any atom is -0.311 e. The number of halogens is 2. The van der Waals surface area contributed by atoms with Crippen LogP contribution in [0.5, 0.6) is 0 Å². The van der Waals surface area contributed by atoms with Crippen molar-refractivity contribution in [1.29, 1.82) is 0 Å². The Morgan fingerprint density at radius 1 is 1.15 bits per heavy atom. The number of nitrogens with zero attached hydrogens (tertiary/aromatic N) is 3. The molecule has 0 saturated carbocycles. The van der Waals surface area contributed by atoms with Crippen molar-refractivity contribution in [3.8, 4) is 0 Å². The van der Waals surface area contributed by atoms with Gasteiger partial charge in [0, 0.05) is 12.7 Å². The van der Waals surface area contributed by atoms with Crippen LogP contribution >= 0.6 is 23.2 Å². The maximum atomic E-state index is 12.5. The normalized spacial score (nSPS) is 10.4. The van der Waals surface area contributed by atoms with E-state index in [1.807, 2.05) is 32.0 Å². The molecule has 2 rings (SSSR count). The lowest BCUT2D eigenvalue weighted by Gasteiger charge is -2.20. The predicted molar refractivity (Wildman–Crippen MR) is 80.7 cm³/mol. The van der Waals surface area contributed by atoms with Gasteiger partial charge in [-0.25, -0.2) is 0 Å². The lowest BCUT2D eigenvalue weighted by atomic mass is 10.1. The van der Waals surface area contributed by atoms with E-state index in [2.05, 4.69) is 10.2 Å². The minimum atomic E-state index is -0.279. The Balaban J connectivity index is 2.40. The molecule has 0 aliphatic rings. The van der Waals surface area contributed by atoms with Gasteiger partial charge < -0.3 is 4.90 Å². The Labute approximate surface area is 127 Å². The van der Waals surface area contributed by atoms with Crippen LogP contribution in [-0.2, 0) is 0 Å². The van der Waals surface area contributed by atoms with E-state index in [4.69, 9.17) is 23.2 Å². The molecule has 1 aromatic heterocycles. The Hall–Kier alpha value is -1.65. The highest BCUT2D eigenvalue weighted by Gasteiger charge is 2.19. The monoisotopic (exact) mass is 309 g/mol. The molecule has 0 unspecified atom stereocenters. The van der Waals surface area contributed by atoms with Gasteiger partial charge in [-0.15, -0.1) is 10.2 Å². The summed E-state index contributed by atoms with van der Waals surface area (Å²) in [5.41, 5.74) is 3.18. The number of aryl methyl sites for hydroxylation is 2. The molecule has 0 bridgehead atoms. The van der Waals surface area contributed by atoms with Gasteiger partial charge in [-0.05, 0) is 31.5 Å². The summed E-state index contributed by atoms with van der Waals surface area (Å²) in [7, 11) is 1.69. The third-order valence-electron chi connectivity index (χ3n) is 2.97. The minimum absolute atomic E-state index is 0.0380. The van der Waals surface area contributed by atoms with E-state index in [1.165, 1.54) is 11.0 Å². The number of hydrogen-bond donors (Lipinski definition) is 0. The van der Waals surface area contributed by atoms with E-state index in [0.717, 1.165) is 16.8 Å². The Morgan fingerprint density at radius 3 is 2.50 bits per heavy atom. The molecule has 4 nitrogen and oxygen atoms in total. The quantitative estimate of drug-likeness (QED) is 0.850. The number of amides is 1. The maximum Gasteiger partial charge on any atom is 0.261 e. The van der Waals surface area contributed by atoms with Crippen LogP contribution in [0.25, 0.3) is 0 Å². The molecule has 0 saturated heterocycles. The lowest BCUT2D eigenvalue weighted by molar-refractivity contribution is 0.0992. The second kappa shape index (κ2) is 5.77. The smallest absolute Gasteiger partial charge is 0.261 e. The van der Waals surface area contributed by atoms with Gasteiger partial charge >= 0.3 is 0 Å². The fourth-order valence-corrected chi connectivity index (χ4v) is 2.29. The zero-order valence-corrected chi connectivity index (χ0v) is 12.8. The summed E-state index contributed by atoms with van der Waals surface area (Å²) in [5, 5.41) is 7.41. The Kier molecular flexibility index (Phi) is 4.26. The van der Waals surface area contributed by atoms with Crippen molar-refractivity contribution in [1.82, 2.24) is 10.2 Å². The fraction of sp³-hybridized carbons (Fsp3) is 0.214. The number of benzene rings is 1. The lowest BCUT2D eigenvalue weighted by Crippen LogP contribution is -2.27. The van der Waals surface area contributed by atoms with Gasteiger partial charge in [0.05, 0.1) is 5.56 Å². The molecule has 2 aromatic rings. The standard InChI is InChI=1S/C14H13Cl2N3O/c1-8-4-5-11(9(2)6-8)19(3)14(20)10-7-12(15)17-18-13(10)16/h4-7H,1-3H3. The van der Waals surface area contributed by atoms with Crippen LogP contribution in [0, 0.1) is 13.8 Å². The summed E-state index contributed by atoms with van der Waals surface area (Å²) in [5.74, 6) is -0.279. The van der Waals surface area contributed by atoms with Gasteiger partial charge in [-0.3, -0.25) is 4.79 Å². The van der Waals surface area contributed by atoms with Crippen molar-refractivity contribution < 1.29 is 4.79 Å². The van der Waals surface area contributed by atoms with Gasteiger partial charge in [0.15, 0.2) is 10.3 Å². The van der Waals surface area contributed by atoms with Gasteiger partial charge in [-0.2, -0.15) is 0 Å². The summed E-state index contributed by atoms with van der Waals surface area (Å²) < 4.78 is 0. The summed E-state index contributed by atoms with van der Waals surface area (Å²) in [6.45, 7) is 3.95. The van der Waals surface area contributed by atoms with Crippen LogP contribution in [-0.4, -0.2) is 23.2 Å². The van der Waals surface area contributed by atoms with E-state index in [1.54, 1.807) is 7.05 Å². The summed E-state index contributed by atoms with van der Waals surface area (Å²) in [6, 6.07) is 7.27. The summed E-state index contributed by atoms with van der Waals surface area (Å²) in [4.78, 5) is 14.0. The van der Waals surface area contributed by atoms with Crippen LogP contribution < -0.4 is 4.90 Å². The topological polar surface area (TPSA) is 46.1 Å². The Bertz CT molecular complexity index is 673. The molecule has 0 atom stereocenters. The second-order valence-electron chi connectivity index (χ2n) is 4.53. The van der Waals surface area contributed by atoms with Crippen molar-refractivity contribution in [2.75, 3.05) is 11.9 Å². The van der Waals surface area contributed by atoms with Crippen LogP contribution in [0.15, 0.2) is 24.3 Å². The number of carbonyl (C=O) groups is 1. The zero-order valence-electron chi connectivity index (χ0n) is 11.3. The van der Waals surface area contributed by atoms with Crippen LogP contribution in [0.3, 0.4) is 0 Å². The highest BCUT2D eigenvalue weighted by atomic mass is 35.5. The van der Waals surface area contributed by atoms with Crippen molar-refractivity contribution in [3.63, 3.8) is 0 Å². The average molecular weight is 310 g/mol. The van der Waals surface area contributed by atoms with Crippen molar-refractivity contribution in [2.24, 2.45) is 0 Å². The van der Waals surface area contributed by atoms with Crippen molar-refractivity contribution >= 4 is 34.8 Å². The molecule has 20 heavy (non-hydrogen) atoms. The number of aromatic nitrogens is 2. The molecule has 0 N–H and O–H groups in total. The maximum absolute atomic E-state index is 12.5. The van der Waals surface area contributed by atoms with Crippen LogP contribution in [0.4, 0.5) is 5.69 Å². The van der Waals surface area contributed by atoms with Crippen LogP contribution in [0.1, 0.15) is 21.5 Å². The second-order valence-corrected chi connectivity index (χ2v) is 5.27. The average Bonchev–Trinajstić information content (AvgIpc) is 2.40. The summed E-state index contributed by atoms with van der Waals surface area (Å²) in [6.07, 6.45) is 0. The van der Waals surface area contributed by atoms with E-state index in [9.17, 15) is 4.79 Å². The number of anilines is 1. The van der Waals surface area contributed by atoms with Gasteiger partial charge in [-0.1, -0.05) is 40.9 Å². The SMILES string of the molecule is Cc1ccc(N(C)C(=O)c2cc(Cl)nnc2Cl)c(C)c1. The first-order valence-electron chi connectivity index (χ1n) is 5.94. The van der Waals surface area contributed by atoms with E-state index in [-0.39, 0.29) is 21.8 Å². The first kappa shape index (κ1) is 14.8. The molecule has 104 valence electrons.